The second kappa shape index (κ2) is 3.71. The van der Waals surface area contributed by atoms with Crippen LogP contribution in [0.1, 0.15) is 6.92 Å². The first kappa shape index (κ1) is 7.72. The van der Waals surface area contributed by atoms with Crippen molar-refractivity contribution in [3.63, 3.8) is 0 Å². The van der Waals surface area contributed by atoms with Crippen LogP contribution in [0.3, 0.4) is 0 Å². The van der Waals surface area contributed by atoms with Crippen LogP contribution in [0.4, 0.5) is 4.79 Å². The Balaban J connectivity index is 2.25. The maximum absolute atomic E-state index is 10.9. The molecule has 1 amide bonds. The van der Waals surface area contributed by atoms with Crippen LogP contribution in [0.25, 0.3) is 0 Å². The second-order valence-electron chi connectivity index (χ2n) is 2.00. The van der Waals surface area contributed by atoms with Crippen LogP contribution in [0.5, 0.6) is 0 Å². The zero-order valence-corrected chi connectivity index (χ0v) is 6.82. The number of carbonyl (C=O) groups is 1. The van der Waals surface area contributed by atoms with E-state index in [2.05, 4.69) is 0 Å². The van der Waals surface area contributed by atoms with Gasteiger partial charge in [0.15, 0.2) is 0 Å². The molecule has 58 valence electrons. The van der Waals surface area contributed by atoms with Gasteiger partial charge in [0.2, 0.25) is 0 Å². The van der Waals surface area contributed by atoms with Gasteiger partial charge < -0.3 is 4.74 Å². The Morgan fingerprint density at radius 3 is 3.10 bits per heavy atom. The van der Waals surface area contributed by atoms with Gasteiger partial charge in [-0.15, -0.1) is 11.8 Å². The van der Waals surface area contributed by atoms with Crippen LogP contribution in [-0.2, 0) is 4.74 Å². The van der Waals surface area contributed by atoms with E-state index in [0.29, 0.717) is 6.61 Å². The minimum atomic E-state index is -0.174. The molecule has 1 aliphatic rings. The zero-order chi connectivity index (χ0) is 7.40. The van der Waals surface area contributed by atoms with E-state index < -0.39 is 0 Å². The molecule has 0 N–H and O–H groups in total. The van der Waals surface area contributed by atoms with Crippen molar-refractivity contribution < 1.29 is 9.53 Å². The molecule has 0 aromatic heterocycles. The number of thioether (sulfide) groups is 1. The average Bonchev–Trinajstić information content (AvgIpc) is 2.38. The van der Waals surface area contributed by atoms with Gasteiger partial charge in [-0.05, 0) is 6.92 Å². The molecule has 1 aliphatic heterocycles. The number of ether oxygens (including phenoxy) is 1. The van der Waals surface area contributed by atoms with Crippen molar-refractivity contribution in [1.29, 1.82) is 0 Å². The Morgan fingerprint density at radius 1 is 1.80 bits per heavy atom. The number of amides is 1. The lowest BCUT2D eigenvalue weighted by molar-refractivity contribution is 0.118. The second-order valence-corrected chi connectivity index (χ2v) is 3.07. The lowest BCUT2D eigenvalue weighted by atomic mass is 10.7. The molecule has 4 heteroatoms. The fraction of sp³-hybridized carbons (Fsp3) is 0.833. The lowest BCUT2D eigenvalue weighted by Gasteiger charge is -2.12. The summed E-state index contributed by atoms with van der Waals surface area (Å²) in [5, 5.41) is 0. The summed E-state index contributed by atoms with van der Waals surface area (Å²) < 4.78 is 4.80. The van der Waals surface area contributed by atoms with Crippen LogP contribution >= 0.6 is 11.8 Å². The first-order valence-corrected chi connectivity index (χ1v) is 4.49. The van der Waals surface area contributed by atoms with Crippen molar-refractivity contribution in [1.82, 2.24) is 4.90 Å². The summed E-state index contributed by atoms with van der Waals surface area (Å²) in [4.78, 5) is 12.7. The largest absolute Gasteiger partial charge is 0.450 e. The monoisotopic (exact) mass is 161 g/mol. The van der Waals surface area contributed by atoms with Gasteiger partial charge in [-0.1, -0.05) is 0 Å². The Hall–Kier alpha value is -0.380. The van der Waals surface area contributed by atoms with Gasteiger partial charge >= 0.3 is 6.09 Å². The highest BCUT2D eigenvalue weighted by Crippen LogP contribution is 2.13. The molecule has 0 unspecified atom stereocenters. The Kier molecular flexibility index (Phi) is 2.86. The van der Waals surface area contributed by atoms with Gasteiger partial charge in [-0.3, -0.25) is 4.90 Å². The highest BCUT2D eigenvalue weighted by molar-refractivity contribution is 7.99. The lowest BCUT2D eigenvalue weighted by Crippen LogP contribution is -2.28. The molecular formula is C6H11NO2S. The minimum Gasteiger partial charge on any atom is -0.450 e. The molecule has 1 heterocycles. The van der Waals surface area contributed by atoms with Crippen LogP contribution in [0.2, 0.25) is 0 Å². The number of hydrogen-bond donors (Lipinski definition) is 0. The van der Waals surface area contributed by atoms with Gasteiger partial charge in [-0.25, -0.2) is 4.79 Å². The number of rotatable bonds is 1. The predicted octanol–water partition coefficient (Wildman–Crippen LogP) is 1.15. The van der Waals surface area contributed by atoms with Crippen LogP contribution in [-0.4, -0.2) is 35.8 Å². The first-order valence-electron chi connectivity index (χ1n) is 3.34. The molecule has 1 saturated heterocycles. The van der Waals surface area contributed by atoms with Crippen molar-refractivity contribution in [2.45, 2.75) is 6.92 Å². The average molecular weight is 161 g/mol. The van der Waals surface area contributed by atoms with E-state index in [1.54, 1.807) is 16.7 Å². The fourth-order valence-electron chi connectivity index (χ4n) is 0.773. The van der Waals surface area contributed by atoms with Crippen molar-refractivity contribution in [2.75, 3.05) is 24.8 Å². The van der Waals surface area contributed by atoms with Gasteiger partial charge in [0.25, 0.3) is 0 Å². The van der Waals surface area contributed by atoms with Crippen LogP contribution in [0.15, 0.2) is 0 Å². The van der Waals surface area contributed by atoms with Crippen molar-refractivity contribution in [3.05, 3.63) is 0 Å². The molecular weight excluding hydrogens is 150 g/mol. The molecule has 1 rings (SSSR count). The van der Waals surface area contributed by atoms with E-state index in [1.165, 1.54) is 0 Å². The maximum Gasteiger partial charge on any atom is 0.410 e. The van der Waals surface area contributed by atoms with Crippen LogP contribution in [0, 0.1) is 0 Å². The molecule has 1 fully saturated rings. The smallest absolute Gasteiger partial charge is 0.410 e. The van der Waals surface area contributed by atoms with Crippen molar-refractivity contribution >= 4 is 17.9 Å². The zero-order valence-electron chi connectivity index (χ0n) is 6.00. The third-order valence-electron chi connectivity index (χ3n) is 1.28. The van der Waals surface area contributed by atoms with Gasteiger partial charge in [0.05, 0.1) is 12.5 Å². The standard InChI is InChI=1S/C6H11NO2S/c1-2-9-6(8)7-3-4-10-5-7/h2-5H2,1H3. The normalized spacial score (nSPS) is 17.5. The Morgan fingerprint density at radius 2 is 2.60 bits per heavy atom. The minimum absolute atomic E-state index is 0.174. The molecule has 0 aliphatic carbocycles. The summed E-state index contributed by atoms with van der Waals surface area (Å²) in [6.45, 7) is 3.13. The molecule has 10 heavy (non-hydrogen) atoms. The first-order chi connectivity index (χ1) is 4.84. The number of carbonyl (C=O) groups excluding carboxylic acids is 1. The highest BCUT2D eigenvalue weighted by Gasteiger charge is 2.18. The molecule has 0 spiro atoms. The molecule has 0 aromatic carbocycles. The Bertz CT molecular complexity index is 123. The quantitative estimate of drug-likeness (QED) is 0.577. The topological polar surface area (TPSA) is 29.5 Å². The molecule has 3 nitrogen and oxygen atoms in total. The van der Waals surface area contributed by atoms with Gasteiger partial charge in [0.1, 0.15) is 0 Å². The van der Waals surface area contributed by atoms with E-state index in [0.717, 1.165) is 18.2 Å². The summed E-state index contributed by atoms with van der Waals surface area (Å²) in [6, 6.07) is 0. The van der Waals surface area contributed by atoms with E-state index in [9.17, 15) is 4.79 Å². The third kappa shape index (κ3) is 1.80. The SMILES string of the molecule is CCOC(=O)N1CCSC1. The molecule has 0 aromatic rings. The third-order valence-corrected chi connectivity index (χ3v) is 2.24. The molecule has 0 bridgehead atoms. The highest BCUT2D eigenvalue weighted by atomic mass is 32.2. The summed E-state index contributed by atoms with van der Waals surface area (Å²) in [6.07, 6.45) is -0.174. The van der Waals surface area contributed by atoms with Crippen molar-refractivity contribution in [2.24, 2.45) is 0 Å². The van der Waals surface area contributed by atoms with E-state index in [-0.39, 0.29) is 6.09 Å². The summed E-state index contributed by atoms with van der Waals surface area (Å²) in [5.74, 6) is 1.83. The van der Waals surface area contributed by atoms with Crippen LogP contribution < -0.4 is 0 Å². The number of hydrogen-bond acceptors (Lipinski definition) is 3. The van der Waals surface area contributed by atoms with Gasteiger partial charge in [0, 0.05) is 12.3 Å². The fourth-order valence-corrected chi connectivity index (χ4v) is 1.71. The van der Waals surface area contributed by atoms with E-state index in [1.807, 2.05) is 6.92 Å². The maximum atomic E-state index is 10.9. The summed E-state index contributed by atoms with van der Waals surface area (Å²) >= 11 is 1.76. The number of nitrogens with zero attached hydrogens (tertiary/aromatic N) is 1. The molecule has 0 radical (unpaired) electrons. The van der Waals surface area contributed by atoms with E-state index in [4.69, 9.17) is 4.74 Å². The van der Waals surface area contributed by atoms with Gasteiger partial charge in [-0.2, -0.15) is 0 Å². The predicted molar refractivity (Wildman–Crippen MR) is 41.1 cm³/mol. The van der Waals surface area contributed by atoms with Crippen molar-refractivity contribution in [3.8, 4) is 0 Å². The summed E-state index contributed by atoms with van der Waals surface area (Å²) in [7, 11) is 0. The Labute approximate surface area is 64.7 Å². The molecule has 0 atom stereocenters. The van der Waals surface area contributed by atoms with E-state index >= 15 is 0 Å². The summed E-state index contributed by atoms with van der Waals surface area (Å²) in [5.41, 5.74) is 0. The molecule has 0 saturated carbocycles.